The highest BCUT2D eigenvalue weighted by Crippen LogP contribution is 2.55. The molecule has 5 fully saturated rings. The zero-order valence-corrected chi connectivity index (χ0v) is 20.1. The number of amides is 2. The Morgan fingerprint density at radius 1 is 1.15 bits per heavy atom. The van der Waals surface area contributed by atoms with Gasteiger partial charge in [0.05, 0.1) is 39.0 Å². The Bertz CT molecular complexity index is 1050. The third-order valence-electron chi connectivity index (χ3n) is 8.73. The topological polar surface area (TPSA) is 83.0 Å². The largest absolute Gasteiger partial charge is 0.450 e. The summed E-state index contributed by atoms with van der Waals surface area (Å²) in [7, 11) is 0. The molecule has 7 rings (SSSR count). The van der Waals surface area contributed by atoms with Gasteiger partial charge >= 0.3 is 17.8 Å². The molecule has 182 valence electrons. The van der Waals surface area contributed by atoms with Crippen molar-refractivity contribution >= 4 is 17.5 Å². The van der Waals surface area contributed by atoms with Crippen molar-refractivity contribution in [1.82, 2.24) is 15.2 Å². The number of H-pyrrole nitrogens is 1. The van der Waals surface area contributed by atoms with Crippen LogP contribution >= 0.6 is 0 Å². The molecule has 5 aliphatic rings. The maximum absolute atomic E-state index is 13.6. The van der Waals surface area contributed by atoms with E-state index in [2.05, 4.69) is 16.4 Å². The molecule has 3 heterocycles. The molecule has 0 spiro atoms. The average molecular weight is 468 g/mol. The molecular weight excluding hydrogens is 430 g/mol. The van der Waals surface area contributed by atoms with Crippen LogP contribution in [0.15, 0.2) is 24.4 Å². The summed E-state index contributed by atoms with van der Waals surface area (Å²) < 4.78 is 7.16. The molecule has 2 aromatic heterocycles. The van der Waals surface area contributed by atoms with Crippen LogP contribution in [-0.2, 0) is 11.3 Å². The highest BCUT2D eigenvalue weighted by atomic mass is 16.6. The van der Waals surface area contributed by atoms with Gasteiger partial charge in [0.2, 0.25) is 5.69 Å². The van der Waals surface area contributed by atoms with E-state index >= 15 is 0 Å². The fourth-order valence-corrected chi connectivity index (χ4v) is 7.66. The standard InChI is InChI=1S/C26H35N5O3/c1-2-34-25(33)30-9-7-29(8-10-30)17-21-22-5-3-4-6-31(22)23(27-21)24(32)28-26-14-18-11-19(15-26)13-20(12-18)16-26/h3-6,18-20H,2,7-17H2,1H3,(H,28,32)/p+2. The highest BCUT2D eigenvalue weighted by molar-refractivity contribution is 5.90. The van der Waals surface area contributed by atoms with Gasteiger partial charge in [-0.1, -0.05) is 6.07 Å². The number of rotatable bonds is 5. The van der Waals surface area contributed by atoms with Crippen LogP contribution in [0.2, 0.25) is 0 Å². The van der Waals surface area contributed by atoms with E-state index in [-0.39, 0.29) is 17.5 Å². The number of fused-ring (bicyclic) bond motifs is 1. The molecule has 2 aromatic rings. The monoisotopic (exact) mass is 467 g/mol. The molecule has 0 radical (unpaired) electrons. The summed E-state index contributed by atoms with van der Waals surface area (Å²) in [4.78, 5) is 32.3. The quantitative estimate of drug-likeness (QED) is 0.580. The normalized spacial score (nSPS) is 30.6. The molecule has 2 amide bonds. The van der Waals surface area contributed by atoms with Gasteiger partial charge in [0.1, 0.15) is 6.54 Å². The van der Waals surface area contributed by atoms with Crippen LogP contribution < -0.4 is 14.6 Å². The Morgan fingerprint density at radius 2 is 1.82 bits per heavy atom. The van der Waals surface area contributed by atoms with Crippen molar-refractivity contribution in [2.24, 2.45) is 17.8 Å². The second-order valence-corrected chi connectivity index (χ2v) is 11.2. The number of piperazine rings is 1. The second-order valence-electron chi connectivity index (χ2n) is 11.2. The average Bonchev–Trinajstić information content (AvgIpc) is 3.17. The van der Waals surface area contributed by atoms with Gasteiger partial charge in [0.25, 0.3) is 0 Å². The zero-order valence-electron chi connectivity index (χ0n) is 20.1. The summed E-state index contributed by atoms with van der Waals surface area (Å²) in [5.41, 5.74) is 2.13. The van der Waals surface area contributed by atoms with Crippen molar-refractivity contribution in [2.75, 3.05) is 32.8 Å². The van der Waals surface area contributed by atoms with Crippen LogP contribution in [0, 0.1) is 17.8 Å². The Balaban J connectivity index is 1.18. The Labute approximate surface area is 200 Å². The minimum absolute atomic E-state index is 0.00650. The van der Waals surface area contributed by atoms with Gasteiger partial charge in [0, 0.05) is 5.54 Å². The van der Waals surface area contributed by atoms with E-state index < -0.39 is 0 Å². The number of pyridine rings is 1. The second kappa shape index (κ2) is 8.56. The molecule has 1 saturated heterocycles. The van der Waals surface area contributed by atoms with Crippen molar-refractivity contribution < 1.29 is 23.6 Å². The SMILES string of the molecule is CCOC(=O)N1CC[NH+](Cc2[nH]c(C(=O)NC34CC5CC(CC(C5)C3)C4)[n+]3ccccc23)CC1. The van der Waals surface area contributed by atoms with Crippen LogP contribution in [0.1, 0.15) is 61.8 Å². The number of imidazole rings is 1. The summed E-state index contributed by atoms with van der Waals surface area (Å²) in [5.74, 6) is 3.05. The smallest absolute Gasteiger partial charge is 0.410 e. The van der Waals surface area contributed by atoms with Crippen molar-refractivity contribution in [2.45, 2.75) is 57.5 Å². The first-order chi connectivity index (χ1) is 16.5. The number of carbonyl (C=O) groups is 2. The van der Waals surface area contributed by atoms with Gasteiger partial charge in [-0.3, -0.25) is 9.69 Å². The lowest BCUT2D eigenvalue weighted by Crippen LogP contribution is -3.13. The Kier molecular flexibility index (Phi) is 5.51. The molecule has 0 atom stereocenters. The zero-order chi connectivity index (χ0) is 23.3. The minimum atomic E-state index is -0.217. The van der Waals surface area contributed by atoms with Gasteiger partial charge in [-0.05, 0) is 75.3 Å². The van der Waals surface area contributed by atoms with Gasteiger partial charge in [0.15, 0.2) is 5.52 Å². The molecule has 4 bridgehead atoms. The predicted molar refractivity (Wildman–Crippen MR) is 125 cm³/mol. The van der Waals surface area contributed by atoms with E-state index in [4.69, 9.17) is 4.74 Å². The van der Waals surface area contributed by atoms with E-state index in [0.29, 0.717) is 25.5 Å². The van der Waals surface area contributed by atoms with Crippen LogP contribution in [0.3, 0.4) is 0 Å². The summed E-state index contributed by atoms with van der Waals surface area (Å²) >= 11 is 0. The number of quaternary nitrogens is 1. The molecule has 0 unspecified atom stereocenters. The lowest BCUT2D eigenvalue weighted by molar-refractivity contribution is -0.917. The van der Waals surface area contributed by atoms with E-state index in [1.165, 1.54) is 24.2 Å². The first-order valence-corrected chi connectivity index (χ1v) is 13.1. The van der Waals surface area contributed by atoms with Crippen LogP contribution in [0.25, 0.3) is 5.52 Å². The number of nitrogens with one attached hydrogen (secondary N) is 3. The fourth-order valence-electron chi connectivity index (χ4n) is 7.66. The molecule has 1 aliphatic heterocycles. The molecular formula is C26H37N5O3+2. The Hall–Kier alpha value is -2.61. The molecule has 4 aliphatic carbocycles. The number of aromatic nitrogens is 2. The number of carbonyl (C=O) groups excluding carboxylic acids is 2. The van der Waals surface area contributed by atoms with E-state index in [1.54, 1.807) is 4.90 Å². The first-order valence-electron chi connectivity index (χ1n) is 13.1. The van der Waals surface area contributed by atoms with Crippen molar-refractivity contribution in [3.63, 3.8) is 0 Å². The van der Waals surface area contributed by atoms with Crippen molar-refractivity contribution in [3.05, 3.63) is 35.9 Å². The van der Waals surface area contributed by atoms with Crippen LogP contribution in [0.4, 0.5) is 4.79 Å². The summed E-state index contributed by atoms with van der Waals surface area (Å²) in [6.07, 6.45) is 9.31. The number of nitrogens with zero attached hydrogens (tertiary/aromatic N) is 2. The van der Waals surface area contributed by atoms with Gasteiger partial charge in [-0.2, -0.15) is 4.40 Å². The minimum Gasteiger partial charge on any atom is -0.450 e. The van der Waals surface area contributed by atoms with Gasteiger partial charge in [-0.15, -0.1) is 0 Å². The summed E-state index contributed by atoms with van der Waals surface area (Å²) in [5, 5.41) is 3.52. The molecule has 8 heteroatoms. The van der Waals surface area contributed by atoms with Gasteiger partial charge in [-0.25, -0.2) is 9.78 Å². The fraction of sp³-hybridized carbons (Fsp3) is 0.654. The molecule has 3 N–H and O–H groups in total. The number of hydrogen-bond acceptors (Lipinski definition) is 3. The van der Waals surface area contributed by atoms with Crippen molar-refractivity contribution in [1.29, 1.82) is 0 Å². The maximum Gasteiger partial charge on any atom is 0.410 e. The number of ether oxygens (including phenoxy) is 1. The third-order valence-corrected chi connectivity index (χ3v) is 8.73. The summed E-state index contributed by atoms with van der Waals surface area (Å²) in [6.45, 7) is 6.17. The maximum atomic E-state index is 13.6. The Morgan fingerprint density at radius 3 is 2.47 bits per heavy atom. The number of hydrogen-bond donors (Lipinski definition) is 3. The molecule has 8 nitrogen and oxygen atoms in total. The van der Waals surface area contributed by atoms with E-state index in [1.807, 2.05) is 29.7 Å². The van der Waals surface area contributed by atoms with E-state index in [9.17, 15) is 9.59 Å². The van der Waals surface area contributed by atoms with E-state index in [0.717, 1.165) is 67.9 Å². The molecule has 34 heavy (non-hydrogen) atoms. The summed E-state index contributed by atoms with van der Waals surface area (Å²) in [6, 6.07) is 6.10. The first kappa shape index (κ1) is 21.9. The highest BCUT2D eigenvalue weighted by Gasteiger charge is 2.52. The third kappa shape index (κ3) is 3.96. The molecule has 0 aromatic carbocycles. The lowest BCUT2D eigenvalue weighted by atomic mass is 9.53. The van der Waals surface area contributed by atoms with Crippen LogP contribution in [-0.4, -0.2) is 60.2 Å². The van der Waals surface area contributed by atoms with Crippen LogP contribution in [0.5, 0.6) is 0 Å². The predicted octanol–water partition coefficient (Wildman–Crippen LogP) is 1.31. The van der Waals surface area contributed by atoms with Crippen molar-refractivity contribution in [3.8, 4) is 0 Å². The molecule has 4 saturated carbocycles. The van der Waals surface area contributed by atoms with Gasteiger partial charge < -0.3 is 15.0 Å². The lowest BCUT2D eigenvalue weighted by Gasteiger charge is -2.56. The number of aromatic amines is 1.